The summed E-state index contributed by atoms with van der Waals surface area (Å²) in [7, 11) is 0. The molecule has 1 heterocycles. The average molecular weight is 271 g/mol. The Kier molecular flexibility index (Phi) is 6.90. The monoisotopic (exact) mass is 271 g/mol. The van der Waals surface area contributed by atoms with E-state index in [0.717, 1.165) is 12.2 Å². The molecule has 0 bridgehead atoms. The Bertz CT molecular complexity index is 338. The van der Waals surface area contributed by atoms with Gasteiger partial charge in [-0.1, -0.05) is 13.8 Å². The molecule has 1 rings (SSSR count). The molecule has 102 valence electrons. The zero-order valence-corrected chi connectivity index (χ0v) is 11.7. The maximum atomic E-state index is 11.5. The van der Waals surface area contributed by atoms with Crippen molar-refractivity contribution in [3.05, 3.63) is 24.2 Å². The lowest BCUT2D eigenvalue weighted by Gasteiger charge is -2.09. The van der Waals surface area contributed by atoms with Crippen molar-refractivity contribution in [2.24, 2.45) is 5.92 Å². The molecule has 1 aromatic rings. The van der Waals surface area contributed by atoms with Crippen molar-refractivity contribution in [3.63, 3.8) is 0 Å². The lowest BCUT2D eigenvalue weighted by Crippen LogP contribution is -2.29. The first-order valence-electron chi connectivity index (χ1n) is 6.15. The number of aliphatic hydroxyl groups excluding tert-OH is 1. The summed E-state index contributed by atoms with van der Waals surface area (Å²) in [6, 6.07) is 3.40. The minimum absolute atomic E-state index is 0.0469. The lowest BCUT2D eigenvalue weighted by molar-refractivity contribution is -0.119. The Morgan fingerprint density at radius 2 is 2.33 bits per heavy atom. The first-order valence-corrected chi connectivity index (χ1v) is 7.31. The Balaban J connectivity index is 2.10. The van der Waals surface area contributed by atoms with Crippen LogP contribution in [0.1, 0.15) is 32.1 Å². The van der Waals surface area contributed by atoms with Gasteiger partial charge in [0.25, 0.3) is 0 Å². The average Bonchev–Trinajstić information content (AvgIpc) is 2.85. The summed E-state index contributed by atoms with van der Waals surface area (Å²) in [5.74, 6) is 2.53. The fourth-order valence-electron chi connectivity index (χ4n) is 1.33. The molecule has 0 saturated carbocycles. The van der Waals surface area contributed by atoms with E-state index in [1.807, 2.05) is 0 Å². The van der Waals surface area contributed by atoms with Crippen molar-refractivity contribution >= 4 is 17.7 Å². The first kappa shape index (κ1) is 15.1. The number of carbonyl (C=O) groups excluding carboxylic acids is 1. The van der Waals surface area contributed by atoms with Crippen LogP contribution in [0.4, 0.5) is 0 Å². The van der Waals surface area contributed by atoms with Crippen LogP contribution in [0.15, 0.2) is 22.8 Å². The van der Waals surface area contributed by atoms with Gasteiger partial charge in [0.2, 0.25) is 5.91 Å². The van der Waals surface area contributed by atoms with Crippen LogP contribution in [-0.4, -0.2) is 29.1 Å². The quantitative estimate of drug-likeness (QED) is 0.712. The van der Waals surface area contributed by atoms with Gasteiger partial charge >= 0.3 is 0 Å². The van der Waals surface area contributed by atoms with Crippen molar-refractivity contribution in [2.75, 3.05) is 18.1 Å². The van der Waals surface area contributed by atoms with Gasteiger partial charge in [-0.15, -0.1) is 0 Å². The molecule has 0 aliphatic rings. The van der Waals surface area contributed by atoms with E-state index in [1.54, 1.807) is 23.9 Å². The van der Waals surface area contributed by atoms with Gasteiger partial charge in [-0.2, -0.15) is 11.8 Å². The minimum atomic E-state index is -0.774. The van der Waals surface area contributed by atoms with Gasteiger partial charge in [0.1, 0.15) is 11.9 Å². The molecule has 0 saturated heterocycles. The van der Waals surface area contributed by atoms with Crippen LogP contribution >= 0.6 is 11.8 Å². The van der Waals surface area contributed by atoms with Gasteiger partial charge in [-0.3, -0.25) is 4.79 Å². The number of aliphatic hydroxyl groups is 1. The van der Waals surface area contributed by atoms with Gasteiger partial charge in [0.05, 0.1) is 18.6 Å². The summed E-state index contributed by atoms with van der Waals surface area (Å²) in [5, 5.41) is 12.4. The number of rotatable bonds is 8. The Labute approximate surface area is 112 Å². The summed E-state index contributed by atoms with van der Waals surface area (Å²) < 4.78 is 5.05. The molecule has 18 heavy (non-hydrogen) atoms. The molecule has 1 unspecified atom stereocenters. The molecule has 5 heteroatoms. The summed E-state index contributed by atoms with van der Waals surface area (Å²) >= 11 is 1.62. The highest BCUT2D eigenvalue weighted by atomic mass is 32.2. The summed E-state index contributed by atoms with van der Waals surface area (Å²) in [5.41, 5.74) is 0. The fraction of sp³-hybridized carbons (Fsp3) is 0.615. The van der Waals surface area contributed by atoms with Crippen molar-refractivity contribution in [2.45, 2.75) is 26.4 Å². The smallest absolute Gasteiger partial charge is 0.230 e. The molecular weight excluding hydrogens is 250 g/mol. The zero-order valence-electron chi connectivity index (χ0n) is 10.9. The largest absolute Gasteiger partial charge is 0.467 e. The van der Waals surface area contributed by atoms with E-state index < -0.39 is 6.10 Å². The molecule has 1 atom stereocenters. The van der Waals surface area contributed by atoms with Crippen molar-refractivity contribution in [1.29, 1.82) is 0 Å². The highest BCUT2D eigenvalue weighted by Gasteiger charge is 2.11. The van der Waals surface area contributed by atoms with E-state index in [-0.39, 0.29) is 12.5 Å². The van der Waals surface area contributed by atoms with Crippen molar-refractivity contribution in [1.82, 2.24) is 5.32 Å². The van der Waals surface area contributed by atoms with E-state index in [1.165, 1.54) is 6.26 Å². The molecule has 2 N–H and O–H groups in total. The highest BCUT2D eigenvalue weighted by molar-refractivity contribution is 7.99. The highest BCUT2D eigenvalue weighted by Crippen LogP contribution is 2.12. The van der Waals surface area contributed by atoms with Gasteiger partial charge < -0.3 is 14.8 Å². The van der Waals surface area contributed by atoms with Crippen LogP contribution in [0.2, 0.25) is 0 Å². The second-order valence-corrected chi connectivity index (χ2v) is 5.68. The number of nitrogens with one attached hydrogen (secondary N) is 1. The third-order valence-corrected chi connectivity index (χ3v) is 3.43. The van der Waals surface area contributed by atoms with Crippen LogP contribution in [0, 0.1) is 5.92 Å². The normalized spacial score (nSPS) is 12.7. The predicted octanol–water partition coefficient (Wildman–Crippen LogP) is 2.21. The molecule has 0 spiro atoms. The van der Waals surface area contributed by atoms with E-state index in [4.69, 9.17) is 4.42 Å². The van der Waals surface area contributed by atoms with E-state index in [9.17, 15) is 9.90 Å². The SMILES string of the molecule is CC(C)CCSCC(=O)NCC(O)c1ccco1. The zero-order chi connectivity index (χ0) is 13.4. The topological polar surface area (TPSA) is 62.5 Å². The maximum absolute atomic E-state index is 11.5. The number of hydrogen-bond donors (Lipinski definition) is 2. The third kappa shape index (κ3) is 6.12. The van der Waals surface area contributed by atoms with Crippen molar-refractivity contribution in [3.8, 4) is 0 Å². The van der Waals surface area contributed by atoms with Gasteiger partial charge in [0, 0.05) is 0 Å². The summed E-state index contributed by atoms with van der Waals surface area (Å²) in [6.07, 6.45) is 1.85. The van der Waals surface area contributed by atoms with E-state index in [2.05, 4.69) is 19.2 Å². The summed E-state index contributed by atoms with van der Waals surface area (Å²) in [4.78, 5) is 11.5. The molecule has 0 aliphatic heterocycles. The predicted molar refractivity (Wildman–Crippen MR) is 73.5 cm³/mol. The molecule has 4 nitrogen and oxygen atoms in total. The van der Waals surface area contributed by atoms with Crippen molar-refractivity contribution < 1.29 is 14.3 Å². The van der Waals surface area contributed by atoms with E-state index in [0.29, 0.717) is 17.4 Å². The first-order chi connectivity index (χ1) is 8.59. The van der Waals surface area contributed by atoms with Gasteiger partial charge in [0.15, 0.2) is 0 Å². The molecule has 1 amide bonds. The standard InChI is InChI=1S/C13H21NO3S/c1-10(2)5-7-18-9-13(16)14-8-11(15)12-4-3-6-17-12/h3-4,6,10-11,15H,5,7-9H2,1-2H3,(H,14,16). The van der Waals surface area contributed by atoms with Crippen LogP contribution in [0.25, 0.3) is 0 Å². The molecule has 0 radical (unpaired) electrons. The molecular formula is C13H21NO3S. The number of thioether (sulfide) groups is 1. The number of hydrogen-bond acceptors (Lipinski definition) is 4. The number of furan rings is 1. The van der Waals surface area contributed by atoms with Gasteiger partial charge in [-0.25, -0.2) is 0 Å². The van der Waals surface area contributed by atoms with Gasteiger partial charge in [-0.05, 0) is 30.2 Å². The summed E-state index contributed by atoms with van der Waals surface area (Å²) in [6.45, 7) is 4.53. The molecule has 1 aromatic heterocycles. The van der Waals surface area contributed by atoms with Crippen LogP contribution < -0.4 is 5.32 Å². The number of amides is 1. The lowest BCUT2D eigenvalue weighted by atomic mass is 10.2. The molecule has 0 fully saturated rings. The van der Waals surface area contributed by atoms with Crippen LogP contribution in [0.5, 0.6) is 0 Å². The second kappa shape index (κ2) is 8.21. The maximum Gasteiger partial charge on any atom is 0.230 e. The van der Waals surface area contributed by atoms with Crippen LogP contribution in [-0.2, 0) is 4.79 Å². The Morgan fingerprint density at radius 3 is 2.94 bits per heavy atom. The van der Waals surface area contributed by atoms with Crippen LogP contribution in [0.3, 0.4) is 0 Å². The second-order valence-electron chi connectivity index (χ2n) is 4.57. The number of carbonyl (C=O) groups is 1. The molecule has 0 aromatic carbocycles. The van der Waals surface area contributed by atoms with E-state index >= 15 is 0 Å². The Morgan fingerprint density at radius 1 is 1.56 bits per heavy atom. The minimum Gasteiger partial charge on any atom is -0.467 e. The molecule has 0 aliphatic carbocycles. The Hall–Kier alpha value is -0.940. The fourth-order valence-corrected chi connectivity index (χ4v) is 2.40. The third-order valence-electron chi connectivity index (χ3n) is 2.44.